The van der Waals surface area contributed by atoms with E-state index in [-0.39, 0.29) is 11.6 Å². The molecule has 2 N–H and O–H groups in total. The summed E-state index contributed by atoms with van der Waals surface area (Å²) in [5.74, 6) is 1.36. The molecule has 5 nitrogen and oxygen atoms in total. The predicted octanol–water partition coefficient (Wildman–Crippen LogP) is 1.46. The van der Waals surface area contributed by atoms with Crippen molar-refractivity contribution >= 4 is 0 Å². The van der Waals surface area contributed by atoms with Crippen molar-refractivity contribution in [3.05, 3.63) is 11.7 Å². The fourth-order valence-corrected chi connectivity index (χ4v) is 2.34. The Labute approximate surface area is 102 Å². The number of aromatic nitrogens is 2. The molecule has 1 aromatic heterocycles. The van der Waals surface area contributed by atoms with E-state index in [1.165, 1.54) is 12.8 Å². The van der Waals surface area contributed by atoms with Gasteiger partial charge < -0.3 is 15.0 Å². The lowest BCUT2D eigenvalue weighted by molar-refractivity contribution is 0.116. The lowest BCUT2D eigenvalue weighted by Gasteiger charge is -2.20. The average Bonchev–Trinajstić information content (AvgIpc) is 2.89. The first kappa shape index (κ1) is 12.5. The van der Waals surface area contributed by atoms with E-state index in [4.69, 9.17) is 15.0 Å². The summed E-state index contributed by atoms with van der Waals surface area (Å²) in [5, 5.41) is 3.96. The van der Waals surface area contributed by atoms with Gasteiger partial charge in [-0.15, -0.1) is 0 Å². The van der Waals surface area contributed by atoms with Crippen LogP contribution in [0.3, 0.4) is 0 Å². The van der Waals surface area contributed by atoms with E-state index in [9.17, 15) is 0 Å². The zero-order valence-corrected chi connectivity index (χ0v) is 10.6. The van der Waals surface area contributed by atoms with Crippen LogP contribution in [-0.2, 0) is 17.6 Å². The molecule has 5 heteroatoms. The summed E-state index contributed by atoms with van der Waals surface area (Å²) < 4.78 is 10.4. The smallest absolute Gasteiger partial charge is 0.228 e. The highest BCUT2D eigenvalue weighted by molar-refractivity contribution is 4.99. The topological polar surface area (TPSA) is 74.2 Å². The average molecular weight is 239 g/mol. The molecule has 1 unspecified atom stereocenters. The van der Waals surface area contributed by atoms with E-state index in [1.54, 1.807) is 7.11 Å². The highest BCUT2D eigenvalue weighted by Gasteiger charge is 2.31. The van der Waals surface area contributed by atoms with Gasteiger partial charge in [0.2, 0.25) is 5.89 Å². The molecule has 0 bridgehead atoms. The Balaban J connectivity index is 1.94. The van der Waals surface area contributed by atoms with Crippen LogP contribution in [-0.4, -0.2) is 28.9 Å². The van der Waals surface area contributed by atoms with Crippen LogP contribution in [0.15, 0.2) is 4.52 Å². The molecule has 1 saturated carbocycles. The van der Waals surface area contributed by atoms with Gasteiger partial charge in [-0.2, -0.15) is 4.98 Å². The molecule has 0 spiro atoms. The molecule has 1 fully saturated rings. The summed E-state index contributed by atoms with van der Waals surface area (Å²) in [4.78, 5) is 4.37. The van der Waals surface area contributed by atoms with E-state index in [1.807, 2.05) is 6.92 Å². The fraction of sp³-hybridized carbons (Fsp3) is 0.833. The van der Waals surface area contributed by atoms with Gasteiger partial charge in [-0.3, -0.25) is 0 Å². The summed E-state index contributed by atoms with van der Waals surface area (Å²) in [6, 6.07) is 0. The quantitative estimate of drug-likeness (QED) is 0.842. The molecule has 2 rings (SSSR count). The van der Waals surface area contributed by atoms with Crippen LogP contribution in [0.1, 0.15) is 44.3 Å². The second-order valence-corrected chi connectivity index (χ2v) is 5.10. The third-order valence-electron chi connectivity index (χ3n) is 3.49. The largest absolute Gasteiger partial charge is 0.381 e. The summed E-state index contributed by atoms with van der Waals surface area (Å²) >= 11 is 0. The van der Waals surface area contributed by atoms with Crippen LogP contribution >= 0.6 is 0 Å². The molecular formula is C12H21N3O2. The molecule has 0 amide bonds. The first-order valence-electron chi connectivity index (χ1n) is 6.24. The van der Waals surface area contributed by atoms with Gasteiger partial charge in [0.05, 0.1) is 6.10 Å². The Morgan fingerprint density at radius 3 is 2.82 bits per heavy atom. The Morgan fingerprint density at radius 1 is 1.47 bits per heavy atom. The standard InChI is InChI=1S/C12H21N3O2/c1-9(16-2)7-10-14-11(17-15-10)8-12(13)5-3-4-6-12/h9H,3-8,13H2,1-2H3. The summed E-state index contributed by atoms with van der Waals surface area (Å²) in [6.07, 6.45) is 6.01. The number of nitrogens with two attached hydrogens (primary N) is 1. The second-order valence-electron chi connectivity index (χ2n) is 5.10. The van der Waals surface area contributed by atoms with Gasteiger partial charge in [-0.25, -0.2) is 0 Å². The van der Waals surface area contributed by atoms with Crippen LogP contribution in [0.5, 0.6) is 0 Å². The second kappa shape index (κ2) is 5.14. The van der Waals surface area contributed by atoms with Crippen molar-refractivity contribution in [2.45, 2.75) is 57.1 Å². The fourth-order valence-electron chi connectivity index (χ4n) is 2.34. The van der Waals surface area contributed by atoms with Crippen LogP contribution in [0.4, 0.5) is 0 Å². The van der Waals surface area contributed by atoms with Crippen molar-refractivity contribution in [3.63, 3.8) is 0 Å². The van der Waals surface area contributed by atoms with Gasteiger partial charge in [0.1, 0.15) is 0 Å². The molecule has 0 aliphatic heterocycles. The van der Waals surface area contributed by atoms with Gasteiger partial charge >= 0.3 is 0 Å². The first-order valence-corrected chi connectivity index (χ1v) is 6.24. The van der Waals surface area contributed by atoms with Crippen LogP contribution in [0.2, 0.25) is 0 Å². The third kappa shape index (κ3) is 3.26. The van der Waals surface area contributed by atoms with Crippen LogP contribution < -0.4 is 5.73 Å². The minimum absolute atomic E-state index is 0.110. The Bertz CT molecular complexity index is 358. The number of hydrogen-bond donors (Lipinski definition) is 1. The molecular weight excluding hydrogens is 218 g/mol. The summed E-state index contributed by atoms with van der Waals surface area (Å²) in [6.45, 7) is 1.98. The lowest BCUT2D eigenvalue weighted by Crippen LogP contribution is -2.38. The highest BCUT2D eigenvalue weighted by atomic mass is 16.5. The molecule has 17 heavy (non-hydrogen) atoms. The van der Waals surface area contributed by atoms with Crippen molar-refractivity contribution in [1.82, 2.24) is 10.1 Å². The van der Waals surface area contributed by atoms with Crippen molar-refractivity contribution in [2.75, 3.05) is 7.11 Å². The van der Waals surface area contributed by atoms with E-state index >= 15 is 0 Å². The van der Waals surface area contributed by atoms with E-state index in [2.05, 4.69) is 10.1 Å². The maximum Gasteiger partial charge on any atom is 0.228 e. The molecule has 1 aromatic rings. The SMILES string of the molecule is COC(C)Cc1noc(CC2(N)CCCC2)n1. The first-order chi connectivity index (χ1) is 8.11. The summed E-state index contributed by atoms with van der Waals surface area (Å²) in [5.41, 5.74) is 6.15. The molecule has 1 heterocycles. The number of rotatable bonds is 5. The lowest BCUT2D eigenvalue weighted by atomic mass is 9.95. The van der Waals surface area contributed by atoms with Gasteiger partial charge in [0.15, 0.2) is 5.82 Å². The van der Waals surface area contributed by atoms with Gasteiger partial charge in [-0.05, 0) is 19.8 Å². The minimum Gasteiger partial charge on any atom is -0.381 e. The highest BCUT2D eigenvalue weighted by Crippen LogP contribution is 2.29. The third-order valence-corrected chi connectivity index (χ3v) is 3.49. The maximum atomic E-state index is 6.28. The van der Waals surface area contributed by atoms with Crippen molar-refractivity contribution in [2.24, 2.45) is 5.73 Å². The van der Waals surface area contributed by atoms with E-state index < -0.39 is 0 Å². The Hall–Kier alpha value is -0.940. The van der Waals surface area contributed by atoms with E-state index in [0.717, 1.165) is 12.8 Å². The van der Waals surface area contributed by atoms with Crippen molar-refractivity contribution in [3.8, 4) is 0 Å². The molecule has 0 radical (unpaired) electrons. The van der Waals surface area contributed by atoms with Crippen LogP contribution in [0, 0.1) is 0 Å². The van der Waals surface area contributed by atoms with Crippen molar-refractivity contribution in [1.29, 1.82) is 0 Å². The van der Waals surface area contributed by atoms with Crippen LogP contribution in [0.25, 0.3) is 0 Å². The van der Waals surface area contributed by atoms with Crippen molar-refractivity contribution < 1.29 is 9.26 Å². The number of ether oxygens (including phenoxy) is 1. The maximum absolute atomic E-state index is 6.28. The van der Waals surface area contributed by atoms with E-state index in [0.29, 0.717) is 24.6 Å². The molecule has 0 saturated heterocycles. The zero-order valence-electron chi connectivity index (χ0n) is 10.6. The Morgan fingerprint density at radius 2 is 2.18 bits per heavy atom. The molecule has 1 atom stereocenters. The normalized spacial score (nSPS) is 20.6. The molecule has 0 aromatic carbocycles. The van der Waals surface area contributed by atoms with Gasteiger partial charge in [0, 0.05) is 25.5 Å². The number of methoxy groups -OCH3 is 1. The zero-order chi connectivity index (χ0) is 12.3. The number of hydrogen-bond acceptors (Lipinski definition) is 5. The predicted molar refractivity (Wildman–Crippen MR) is 63.6 cm³/mol. The molecule has 1 aliphatic carbocycles. The Kier molecular flexibility index (Phi) is 3.79. The molecule has 96 valence electrons. The van der Waals surface area contributed by atoms with Gasteiger partial charge in [0.25, 0.3) is 0 Å². The molecule has 1 aliphatic rings. The van der Waals surface area contributed by atoms with Gasteiger partial charge in [-0.1, -0.05) is 18.0 Å². The monoisotopic (exact) mass is 239 g/mol. The minimum atomic E-state index is -0.128. The summed E-state index contributed by atoms with van der Waals surface area (Å²) in [7, 11) is 1.68. The number of nitrogens with zero attached hydrogens (tertiary/aromatic N) is 2.